The maximum Gasteiger partial charge on any atom is 0.123 e. The zero-order valence-electron chi connectivity index (χ0n) is 12.5. The maximum atomic E-state index is 5.45. The number of nitrogens with zero attached hydrogens (tertiary/aromatic N) is 2. The molecule has 0 aliphatic carbocycles. The van der Waals surface area contributed by atoms with Crippen LogP contribution in [0, 0.1) is 0 Å². The molecule has 0 aromatic carbocycles. The Bertz CT molecular complexity index is 508. The van der Waals surface area contributed by atoms with E-state index in [1.165, 1.54) is 11.3 Å². The lowest BCUT2D eigenvalue weighted by molar-refractivity contribution is 0.503. The van der Waals surface area contributed by atoms with Crippen molar-refractivity contribution in [1.82, 2.24) is 10.3 Å². The van der Waals surface area contributed by atoms with Crippen LogP contribution in [0.1, 0.15) is 32.1 Å². The number of rotatable bonds is 7. The van der Waals surface area contributed by atoms with Gasteiger partial charge >= 0.3 is 0 Å². The van der Waals surface area contributed by atoms with Gasteiger partial charge in [-0.25, -0.2) is 0 Å². The molecule has 2 aromatic heterocycles. The monoisotopic (exact) mass is 273 g/mol. The van der Waals surface area contributed by atoms with E-state index >= 15 is 0 Å². The zero-order valence-corrected chi connectivity index (χ0v) is 12.5. The molecule has 0 saturated carbocycles. The molecule has 1 N–H and O–H groups in total. The van der Waals surface area contributed by atoms with Crippen molar-refractivity contribution in [1.29, 1.82) is 0 Å². The predicted octanol–water partition coefficient (Wildman–Crippen LogP) is 3.20. The lowest BCUT2D eigenvalue weighted by atomic mass is 10.2. The van der Waals surface area contributed by atoms with Crippen LogP contribution >= 0.6 is 0 Å². The van der Waals surface area contributed by atoms with Gasteiger partial charge in [0.2, 0.25) is 0 Å². The minimum Gasteiger partial charge on any atom is -0.467 e. The van der Waals surface area contributed by atoms with Crippen LogP contribution in [0.3, 0.4) is 0 Å². The second kappa shape index (κ2) is 7.10. The van der Waals surface area contributed by atoms with Crippen molar-refractivity contribution >= 4 is 5.69 Å². The lowest BCUT2D eigenvalue weighted by Crippen LogP contribution is -2.26. The van der Waals surface area contributed by atoms with Crippen LogP contribution in [-0.2, 0) is 13.1 Å². The molecular weight excluding hydrogens is 250 g/mol. The molecule has 0 aliphatic rings. The van der Waals surface area contributed by atoms with Crippen molar-refractivity contribution in [3.63, 3.8) is 0 Å². The summed E-state index contributed by atoms with van der Waals surface area (Å²) in [6.45, 7) is 8.99. The van der Waals surface area contributed by atoms with Gasteiger partial charge in [-0.15, -0.1) is 0 Å². The first-order valence-corrected chi connectivity index (χ1v) is 7.14. The van der Waals surface area contributed by atoms with E-state index in [1.807, 2.05) is 24.5 Å². The normalized spacial score (nSPS) is 11.0. The molecular formula is C16H23N3O. The Kier molecular flexibility index (Phi) is 5.18. The number of hydrogen-bond acceptors (Lipinski definition) is 4. The van der Waals surface area contributed by atoms with Crippen LogP contribution in [0.25, 0.3) is 0 Å². The van der Waals surface area contributed by atoms with Gasteiger partial charge in [-0.1, -0.05) is 13.8 Å². The number of hydrogen-bond donors (Lipinski definition) is 1. The molecule has 0 aliphatic heterocycles. The van der Waals surface area contributed by atoms with Gasteiger partial charge in [-0.3, -0.25) is 4.98 Å². The van der Waals surface area contributed by atoms with Crippen molar-refractivity contribution in [2.75, 3.05) is 11.4 Å². The fourth-order valence-corrected chi connectivity index (χ4v) is 2.14. The van der Waals surface area contributed by atoms with E-state index in [0.717, 1.165) is 25.4 Å². The summed E-state index contributed by atoms with van der Waals surface area (Å²) in [7, 11) is 0. The number of nitrogens with one attached hydrogen (secondary N) is 1. The molecule has 2 rings (SSSR count). The van der Waals surface area contributed by atoms with Gasteiger partial charge in [0.25, 0.3) is 0 Å². The molecule has 0 radical (unpaired) electrons. The summed E-state index contributed by atoms with van der Waals surface area (Å²) in [5.41, 5.74) is 2.43. The van der Waals surface area contributed by atoms with Crippen LogP contribution in [0.15, 0.2) is 41.3 Å². The first-order chi connectivity index (χ1) is 9.70. The Morgan fingerprint density at radius 2 is 2.20 bits per heavy atom. The van der Waals surface area contributed by atoms with Gasteiger partial charge in [0.15, 0.2) is 0 Å². The molecule has 2 heterocycles. The highest BCUT2D eigenvalue weighted by Gasteiger charge is 2.11. The molecule has 108 valence electrons. The Hall–Kier alpha value is -1.81. The highest BCUT2D eigenvalue weighted by Crippen LogP contribution is 2.21. The zero-order chi connectivity index (χ0) is 14.4. The van der Waals surface area contributed by atoms with E-state index in [1.54, 1.807) is 6.26 Å². The van der Waals surface area contributed by atoms with Gasteiger partial charge in [-0.05, 0) is 25.1 Å². The van der Waals surface area contributed by atoms with Gasteiger partial charge in [-0.2, -0.15) is 0 Å². The van der Waals surface area contributed by atoms with E-state index in [0.29, 0.717) is 6.04 Å². The van der Waals surface area contributed by atoms with Crippen LogP contribution < -0.4 is 10.2 Å². The first kappa shape index (κ1) is 14.6. The van der Waals surface area contributed by atoms with E-state index in [4.69, 9.17) is 4.42 Å². The molecule has 0 atom stereocenters. The second-order valence-corrected chi connectivity index (χ2v) is 5.13. The molecule has 0 spiro atoms. The Labute approximate surface area is 120 Å². The summed E-state index contributed by atoms with van der Waals surface area (Å²) in [5, 5.41) is 3.45. The second-order valence-electron chi connectivity index (χ2n) is 5.13. The summed E-state index contributed by atoms with van der Waals surface area (Å²) in [5.74, 6) is 0.978. The van der Waals surface area contributed by atoms with E-state index < -0.39 is 0 Å². The number of aromatic nitrogens is 1. The molecule has 4 nitrogen and oxygen atoms in total. The van der Waals surface area contributed by atoms with Crippen molar-refractivity contribution in [2.24, 2.45) is 0 Å². The topological polar surface area (TPSA) is 41.3 Å². The molecule has 2 aromatic rings. The van der Waals surface area contributed by atoms with Crippen LogP contribution in [0.4, 0.5) is 5.69 Å². The van der Waals surface area contributed by atoms with Gasteiger partial charge in [0.05, 0.1) is 12.8 Å². The Balaban J connectivity index is 2.16. The summed E-state index contributed by atoms with van der Waals surface area (Å²) in [6, 6.07) is 6.47. The summed E-state index contributed by atoms with van der Waals surface area (Å²) in [6.07, 6.45) is 5.51. The van der Waals surface area contributed by atoms with Crippen molar-refractivity contribution in [3.8, 4) is 0 Å². The minimum atomic E-state index is 0.461. The number of furan rings is 1. The van der Waals surface area contributed by atoms with Gasteiger partial charge in [0, 0.05) is 42.8 Å². The average Bonchev–Trinajstić information content (AvgIpc) is 2.96. The average molecular weight is 273 g/mol. The third-order valence-corrected chi connectivity index (χ3v) is 3.23. The number of anilines is 1. The molecule has 0 fully saturated rings. The summed E-state index contributed by atoms with van der Waals surface area (Å²) < 4.78 is 5.45. The van der Waals surface area contributed by atoms with Crippen molar-refractivity contribution < 1.29 is 4.42 Å². The van der Waals surface area contributed by atoms with Gasteiger partial charge < -0.3 is 14.6 Å². The molecule has 0 unspecified atom stereocenters. The van der Waals surface area contributed by atoms with Crippen LogP contribution in [-0.4, -0.2) is 17.6 Å². The highest BCUT2D eigenvalue weighted by atomic mass is 16.3. The molecule has 20 heavy (non-hydrogen) atoms. The Morgan fingerprint density at radius 3 is 2.85 bits per heavy atom. The van der Waals surface area contributed by atoms with Crippen molar-refractivity contribution in [2.45, 2.75) is 39.9 Å². The molecule has 0 bridgehead atoms. The van der Waals surface area contributed by atoms with E-state index in [2.05, 4.69) is 42.0 Å². The quantitative estimate of drug-likeness (QED) is 0.841. The number of pyridine rings is 1. The SMILES string of the molecule is CCN(Cc1ccco1)c1ccncc1CNC(C)C. The fourth-order valence-electron chi connectivity index (χ4n) is 2.14. The molecule has 0 saturated heterocycles. The molecule has 4 heteroatoms. The third kappa shape index (κ3) is 3.84. The Morgan fingerprint density at radius 1 is 1.35 bits per heavy atom. The van der Waals surface area contributed by atoms with Crippen LogP contribution in [0.5, 0.6) is 0 Å². The van der Waals surface area contributed by atoms with E-state index in [-0.39, 0.29) is 0 Å². The standard InChI is InChI=1S/C16H23N3O/c1-4-19(12-15-6-5-9-20-15)16-7-8-17-10-14(16)11-18-13(2)3/h5-10,13,18H,4,11-12H2,1-3H3. The predicted molar refractivity (Wildman–Crippen MR) is 81.6 cm³/mol. The lowest BCUT2D eigenvalue weighted by Gasteiger charge is -2.25. The summed E-state index contributed by atoms with van der Waals surface area (Å²) in [4.78, 5) is 6.55. The first-order valence-electron chi connectivity index (χ1n) is 7.14. The smallest absolute Gasteiger partial charge is 0.123 e. The molecule has 0 amide bonds. The largest absolute Gasteiger partial charge is 0.467 e. The van der Waals surface area contributed by atoms with Crippen LogP contribution in [0.2, 0.25) is 0 Å². The van der Waals surface area contributed by atoms with Crippen molar-refractivity contribution in [3.05, 3.63) is 48.2 Å². The third-order valence-electron chi connectivity index (χ3n) is 3.23. The maximum absolute atomic E-state index is 5.45. The minimum absolute atomic E-state index is 0.461. The van der Waals surface area contributed by atoms with E-state index in [9.17, 15) is 0 Å². The van der Waals surface area contributed by atoms with Gasteiger partial charge in [0.1, 0.15) is 5.76 Å². The fraction of sp³-hybridized carbons (Fsp3) is 0.438. The summed E-state index contributed by atoms with van der Waals surface area (Å²) >= 11 is 0. The highest BCUT2D eigenvalue weighted by molar-refractivity contribution is 5.52.